The summed E-state index contributed by atoms with van der Waals surface area (Å²) in [7, 11) is 0. The molecule has 0 fully saturated rings. The second-order valence-corrected chi connectivity index (χ2v) is 8.93. The van der Waals surface area contributed by atoms with Gasteiger partial charge in [-0.2, -0.15) is 0 Å². The lowest BCUT2D eigenvalue weighted by atomic mass is 9.94. The smallest absolute Gasteiger partial charge is 0.268 e. The van der Waals surface area contributed by atoms with Crippen molar-refractivity contribution in [2.24, 2.45) is 0 Å². The molecule has 0 atom stereocenters. The Hall–Kier alpha value is -2.22. The molecule has 1 aliphatic heterocycles. The fourth-order valence-corrected chi connectivity index (χ4v) is 5.15. The van der Waals surface area contributed by atoms with E-state index < -0.39 is 0 Å². The highest BCUT2D eigenvalue weighted by Gasteiger charge is 2.32. The maximum atomic E-state index is 13.6. The number of rotatable bonds is 1. The standard InChI is InChI=1S/C19H17ClN4O2S/c1-10-21-22-18-23(10)17-15(13-8-19(2,3)26-9-14(13)27-17)16(25)24(18)12-6-4-5-11(20)7-12/h4-7H,8-9H2,1-3H3. The SMILES string of the molecule is Cc1nnc2n(-c3cccc(Cl)c3)c(=O)c3c4c(sc3n12)COC(C)(C)C4. The van der Waals surface area contributed by atoms with Gasteiger partial charge in [-0.25, -0.2) is 4.57 Å². The largest absolute Gasteiger partial charge is 0.370 e. The molecule has 0 amide bonds. The highest BCUT2D eigenvalue weighted by atomic mass is 35.5. The Bertz CT molecular complexity index is 1280. The van der Waals surface area contributed by atoms with Gasteiger partial charge in [0.1, 0.15) is 10.7 Å². The average molecular weight is 401 g/mol. The van der Waals surface area contributed by atoms with E-state index in [4.69, 9.17) is 16.3 Å². The number of hydrogen-bond acceptors (Lipinski definition) is 5. The summed E-state index contributed by atoms with van der Waals surface area (Å²) in [5, 5.41) is 9.79. The molecule has 0 bridgehead atoms. The molecule has 138 valence electrons. The van der Waals surface area contributed by atoms with Gasteiger partial charge in [-0.1, -0.05) is 17.7 Å². The van der Waals surface area contributed by atoms with Crippen LogP contribution in [0.5, 0.6) is 0 Å². The van der Waals surface area contributed by atoms with Crippen LogP contribution in [0.15, 0.2) is 29.1 Å². The van der Waals surface area contributed by atoms with Gasteiger partial charge in [0.15, 0.2) is 0 Å². The number of halogens is 1. The Morgan fingerprint density at radius 3 is 2.89 bits per heavy atom. The summed E-state index contributed by atoms with van der Waals surface area (Å²) in [6.07, 6.45) is 0.694. The van der Waals surface area contributed by atoms with E-state index >= 15 is 0 Å². The van der Waals surface area contributed by atoms with Crippen LogP contribution in [0.2, 0.25) is 5.02 Å². The molecule has 1 aliphatic rings. The van der Waals surface area contributed by atoms with Crippen molar-refractivity contribution in [2.45, 2.75) is 39.4 Å². The summed E-state index contributed by atoms with van der Waals surface area (Å²) in [5.74, 6) is 1.23. The number of thiophene rings is 1. The van der Waals surface area contributed by atoms with Crippen molar-refractivity contribution in [3.8, 4) is 5.69 Å². The van der Waals surface area contributed by atoms with Crippen molar-refractivity contribution >= 4 is 38.9 Å². The lowest BCUT2D eigenvalue weighted by molar-refractivity contribution is -0.0379. The molecule has 3 aromatic heterocycles. The molecule has 0 radical (unpaired) electrons. The predicted molar refractivity (Wildman–Crippen MR) is 106 cm³/mol. The molecule has 0 aliphatic carbocycles. The van der Waals surface area contributed by atoms with Crippen LogP contribution < -0.4 is 5.56 Å². The zero-order chi connectivity index (χ0) is 18.9. The lowest BCUT2D eigenvalue weighted by Crippen LogP contribution is -2.32. The molecular formula is C19H17ClN4O2S. The lowest BCUT2D eigenvalue weighted by Gasteiger charge is -2.29. The maximum Gasteiger partial charge on any atom is 0.268 e. The minimum Gasteiger partial charge on any atom is -0.370 e. The molecule has 5 rings (SSSR count). The van der Waals surface area contributed by atoms with Crippen LogP contribution in [0.4, 0.5) is 0 Å². The monoisotopic (exact) mass is 400 g/mol. The molecule has 6 nitrogen and oxygen atoms in total. The Labute approximate surface area is 164 Å². The number of ether oxygens (including phenoxy) is 1. The molecule has 0 unspecified atom stereocenters. The van der Waals surface area contributed by atoms with E-state index in [0.29, 0.717) is 29.5 Å². The number of hydrogen-bond donors (Lipinski definition) is 0. The van der Waals surface area contributed by atoms with Gasteiger partial charge < -0.3 is 4.74 Å². The van der Waals surface area contributed by atoms with Crippen LogP contribution in [0.3, 0.4) is 0 Å². The summed E-state index contributed by atoms with van der Waals surface area (Å²) in [6, 6.07) is 7.24. The number of aromatic nitrogens is 4. The summed E-state index contributed by atoms with van der Waals surface area (Å²) in [6.45, 7) is 6.52. The highest BCUT2D eigenvalue weighted by molar-refractivity contribution is 7.18. The first-order valence-corrected chi connectivity index (χ1v) is 9.86. The first-order valence-electron chi connectivity index (χ1n) is 8.67. The Kier molecular flexibility index (Phi) is 3.53. The van der Waals surface area contributed by atoms with E-state index in [9.17, 15) is 4.79 Å². The van der Waals surface area contributed by atoms with Crippen LogP contribution in [0.25, 0.3) is 21.7 Å². The topological polar surface area (TPSA) is 61.4 Å². The van der Waals surface area contributed by atoms with Crippen LogP contribution in [0.1, 0.15) is 30.1 Å². The fourth-order valence-electron chi connectivity index (χ4n) is 3.70. The predicted octanol–water partition coefficient (Wildman–Crippen LogP) is 3.91. The van der Waals surface area contributed by atoms with Gasteiger partial charge in [0.05, 0.1) is 23.3 Å². The minimum absolute atomic E-state index is 0.0950. The quantitative estimate of drug-likeness (QED) is 0.486. The van der Waals surface area contributed by atoms with Gasteiger partial charge in [0, 0.05) is 16.3 Å². The third-order valence-electron chi connectivity index (χ3n) is 4.96. The Balaban J connectivity index is 1.96. The zero-order valence-electron chi connectivity index (χ0n) is 15.1. The van der Waals surface area contributed by atoms with E-state index in [0.717, 1.165) is 26.5 Å². The van der Waals surface area contributed by atoms with Crippen molar-refractivity contribution in [2.75, 3.05) is 0 Å². The van der Waals surface area contributed by atoms with Crippen LogP contribution in [0, 0.1) is 6.92 Å². The zero-order valence-corrected chi connectivity index (χ0v) is 16.7. The molecule has 0 N–H and O–H groups in total. The molecule has 4 heterocycles. The fraction of sp³-hybridized carbons (Fsp3) is 0.316. The van der Waals surface area contributed by atoms with Gasteiger partial charge in [-0.3, -0.25) is 9.20 Å². The number of fused-ring (bicyclic) bond motifs is 5. The van der Waals surface area contributed by atoms with Gasteiger partial charge in [0.25, 0.3) is 5.56 Å². The minimum atomic E-state index is -0.300. The van der Waals surface area contributed by atoms with E-state index in [1.54, 1.807) is 28.0 Å². The molecule has 0 saturated heterocycles. The number of aryl methyl sites for hydroxylation is 1. The van der Waals surface area contributed by atoms with Crippen molar-refractivity contribution < 1.29 is 4.74 Å². The van der Waals surface area contributed by atoms with Crippen molar-refractivity contribution in [3.05, 3.63) is 55.9 Å². The van der Waals surface area contributed by atoms with E-state index in [1.807, 2.05) is 23.5 Å². The Morgan fingerprint density at radius 2 is 2.11 bits per heavy atom. The average Bonchev–Trinajstić information content (AvgIpc) is 3.15. The van der Waals surface area contributed by atoms with E-state index in [1.165, 1.54) is 0 Å². The van der Waals surface area contributed by atoms with Crippen LogP contribution in [-0.2, 0) is 17.8 Å². The molecule has 0 saturated carbocycles. The van der Waals surface area contributed by atoms with Crippen molar-refractivity contribution in [3.63, 3.8) is 0 Å². The second-order valence-electron chi connectivity index (χ2n) is 7.41. The van der Waals surface area contributed by atoms with Crippen molar-refractivity contribution in [1.82, 2.24) is 19.2 Å². The molecular weight excluding hydrogens is 384 g/mol. The Morgan fingerprint density at radius 1 is 1.30 bits per heavy atom. The maximum absolute atomic E-state index is 13.6. The normalized spacial score (nSPS) is 16.1. The molecule has 1 aromatic carbocycles. The summed E-state index contributed by atoms with van der Waals surface area (Å²) >= 11 is 7.77. The molecule has 4 aromatic rings. The van der Waals surface area contributed by atoms with E-state index in [2.05, 4.69) is 24.0 Å². The second kappa shape index (κ2) is 5.64. The van der Waals surface area contributed by atoms with Gasteiger partial charge in [0.2, 0.25) is 5.78 Å². The first kappa shape index (κ1) is 16.9. The van der Waals surface area contributed by atoms with Crippen molar-refractivity contribution in [1.29, 1.82) is 0 Å². The third kappa shape index (κ3) is 2.46. The summed E-state index contributed by atoms with van der Waals surface area (Å²) < 4.78 is 9.51. The van der Waals surface area contributed by atoms with Gasteiger partial charge >= 0.3 is 0 Å². The first-order chi connectivity index (χ1) is 12.9. The van der Waals surface area contributed by atoms with Crippen LogP contribution >= 0.6 is 22.9 Å². The highest BCUT2D eigenvalue weighted by Crippen LogP contribution is 2.38. The molecule has 0 spiro atoms. The molecule has 27 heavy (non-hydrogen) atoms. The van der Waals surface area contributed by atoms with Crippen LogP contribution in [-0.4, -0.2) is 24.8 Å². The number of nitrogens with zero attached hydrogens (tertiary/aromatic N) is 4. The molecule has 8 heteroatoms. The van der Waals surface area contributed by atoms with Gasteiger partial charge in [-0.05, 0) is 44.5 Å². The van der Waals surface area contributed by atoms with Gasteiger partial charge in [-0.15, -0.1) is 21.5 Å². The van der Waals surface area contributed by atoms with E-state index in [-0.39, 0.29) is 11.2 Å². The summed E-state index contributed by atoms with van der Waals surface area (Å²) in [4.78, 5) is 15.6. The third-order valence-corrected chi connectivity index (χ3v) is 6.39. The summed E-state index contributed by atoms with van der Waals surface area (Å²) in [5.41, 5.74) is 1.35. The number of benzene rings is 1.